The summed E-state index contributed by atoms with van der Waals surface area (Å²) in [5, 5.41) is 14.1. The number of halogens is 1. The van der Waals surface area contributed by atoms with Gasteiger partial charge in [-0.3, -0.25) is 9.36 Å². The first-order valence-electron chi connectivity index (χ1n) is 13.1. The smallest absolute Gasteiger partial charge is 0.250 e. The zero-order chi connectivity index (χ0) is 29.3. The van der Waals surface area contributed by atoms with E-state index in [0.717, 1.165) is 27.9 Å². The van der Waals surface area contributed by atoms with Gasteiger partial charge in [0, 0.05) is 16.3 Å². The van der Waals surface area contributed by atoms with E-state index in [0.29, 0.717) is 34.1 Å². The van der Waals surface area contributed by atoms with Gasteiger partial charge in [0.05, 0.1) is 19.1 Å². The number of thioether (sulfide) groups is 1. The minimum Gasteiger partial charge on any atom is -0.493 e. The summed E-state index contributed by atoms with van der Waals surface area (Å²) in [5.41, 5.74) is 7.27. The number of methoxy groups -OCH3 is 1. The Balaban J connectivity index is 1.24. The van der Waals surface area contributed by atoms with Crippen LogP contribution in [0, 0.1) is 6.92 Å². The van der Waals surface area contributed by atoms with Gasteiger partial charge < -0.3 is 9.47 Å². The number of hydrazone groups is 1. The number of benzene rings is 4. The van der Waals surface area contributed by atoms with E-state index in [1.54, 1.807) is 19.4 Å². The summed E-state index contributed by atoms with van der Waals surface area (Å²) in [7, 11) is 1.59. The topological polar surface area (TPSA) is 90.6 Å². The lowest BCUT2D eigenvalue weighted by atomic mass is 10.1. The highest BCUT2D eigenvalue weighted by Gasteiger charge is 2.17. The van der Waals surface area contributed by atoms with Crippen molar-refractivity contribution in [1.29, 1.82) is 0 Å². The molecule has 1 aromatic heterocycles. The number of aromatic nitrogens is 3. The summed E-state index contributed by atoms with van der Waals surface area (Å²) in [6.07, 6.45) is 1.56. The molecule has 5 aromatic rings. The molecule has 0 fully saturated rings. The molecule has 0 saturated heterocycles. The summed E-state index contributed by atoms with van der Waals surface area (Å²) in [5.74, 6) is 1.66. The van der Waals surface area contributed by atoms with Gasteiger partial charge in [-0.05, 0) is 60.5 Å². The molecule has 1 heterocycles. The van der Waals surface area contributed by atoms with Gasteiger partial charge in [-0.25, -0.2) is 5.43 Å². The van der Waals surface area contributed by atoms with E-state index in [1.807, 2.05) is 102 Å². The van der Waals surface area contributed by atoms with Gasteiger partial charge in [0.1, 0.15) is 6.61 Å². The maximum absolute atomic E-state index is 12.7. The lowest BCUT2D eigenvalue weighted by Gasteiger charge is -2.11. The third-order valence-electron chi connectivity index (χ3n) is 6.19. The number of rotatable bonds is 11. The Morgan fingerprint density at radius 3 is 2.48 bits per heavy atom. The Bertz CT molecular complexity index is 1670. The van der Waals surface area contributed by atoms with E-state index < -0.39 is 0 Å². The molecule has 0 aliphatic heterocycles. The Labute approximate surface area is 253 Å². The molecule has 0 unspecified atom stereocenters. The Morgan fingerprint density at radius 1 is 0.976 bits per heavy atom. The molecule has 1 N–H and O–H groups in total. The average Bonchev–Trinajstić information content (AvgIpc) is 3.44. The second kappa shape index (κ2) is 13.8. The lowest BCUT2D eigenvalue weighted by molar-refractivity contribution is -0.118. The second-order valence-electron chi connectivity index (χ2n) is 9.25. The average molecular weight is 598 g/mol. The second-order valence-corrected chi connectivity index (χ2v) is 10.6. The molecule has 5 rings (SSSR count). The molecule has 42 heavy (non-hydrogen) atoms. The first-order valence-corrected chi connectivity index (χ1v) is 14.4. The molecule has 212 valence electrons. The Morgan fingerprint density at radius 2 is 1.74 bits per heavy atom. The van der Waals surface area contributed by atoms with Crippen molar-refractivity contribution >= 4 is 35.5 Å². The van der Waals surface area contributed by atoms with E-state index in [2.05, 4.69) is 20.7 Å². The maximum atomic E-state index is 12.7. The highest BCUT2D eigenvalue weighted by atomic mass is 35.5. The van der Waals surface area contributed by atoms with Crippen LogP contribution in [0.4, 0.5) is 0 Å². The predicted molar refractivity (Wildman–Crippen MR) is 167 cm³/mol. The SMILES string of the molecule is COc1ccc(/C=N/NC(=O)CSc2nnc(-c3ccc(C)cc3)n2-c2ccc(Cl)cc2)cc1OCc1ccccc1. The molecule has 0 atom stereocenters. The third-order valence-corrected chi connectivity index (χ3v) is 7.37. The van der Waals surface area contributed by atoms with Gasteiger partial charge in [-0.1, -0.05) is 83.5 Å². The van der Waals surface area contributed by atoms with Crippen molar-refractivity contribution in [3.05, 3.63) is 119 Å². The van der Waals surface area contributed by atoms with Crippen molar-refractivity contribution < 1.29 is 14.3 Å². The standard InChI is InChI=1S/C32H28ClN5O3S/c1-22-8-11-25(12-9-22)31-36-37-32(38(31)27-15-13-26(33)14-16-27)42-21-30(39)35-34-19-24-10-17-28(40-2)29(18-24)41-20-23-6-4-3-5-7-23/h3-19H,20-21H2,1-2H3,(H,35,39)/b34-19+. The first kappa shape index (κ1) is 28.9. The first-order chi connectivity index (χ1) is 20.5. The molecule has 0 bridgehead atoms. The molecule has 0 radical (unpaired) electrons. The molecule has 10 heteroatoms. The zero-order valence-electron chi connectivity index (χ0n) is 23.0. The molecule has 4 aromatic carbocycles. The van der Waals surface area contributed by atoms with Crippen LogP contribution in [0.2, 0.25) is 5.02 Å². The van der Waals surface area contributed by atoms with Crippen molar-refractivity contribution in [2.45, 2.75) is 18.7 Å². The molecule has 0 spiro atoms. The fourth-order valence-corrected chi connectivity index (χ4v) is 4.91. The van der Waals surface area contributed by atoms with Crippen LogP contribution >= 0.6 is 23.4 Å². The minimum atomic E-state index is -0.284. The van der Waals surface area contributed by atoms with Gasteiger partial charge in [0.15, 0.2) is 22.5 Å². The summed E-state index contributed by atoms with van der Waals surface area (Å²) in [6.45, 7) is 2.43. The number of hydrogen-bond acceptors (Lipinski definition) is 7. The Hall–Kier alpha value is -4.60. The molecule has 1 amide bonds. The van der Waals surface area contributed by atoms with E-state index in [4.69, 9.17) is 21.1 Å². The minimum absolute atomic E-state index is 0.0883. The fraction of sp³-hybridized carbons (Fsp3) is 0.125. The number of nitrogens with one attached hydrogen (secondary N) is 1. The van der Waals surface area contributed by atoms with Crippen molar-refractivity contribution in [3.8, 4) is 28.6 Å². The van der Waals surface area contributed by atoms with Crippen LogP contribution in [0.25, 0.3) is 17.1 Å². The summed E-state index contributed by atoms with van der Waals surface area (Å²) in [6, 6.07) is 30.8. The predicted octanol–water partition coefficient (Wildman–Crippen LogP) is 6.73. The van der Waals surface area contributed by atoms with Crippen molar-refractivity contribution in [1.82, 2.24) is 20.2 Å². The summed E-state index contributed by atoms with van der Waals surface area (Å²) >= 11 is 7.39. The highest BCUT2D eigenvalue weighted by Crippen LogP contribution is 2.30. The normalized spacial score (nSPS) is 11.0. The number of amides is 1. The van der Waals surface area contributed by atoms with Crippen LogP contribution in [0.15, 0.2) is 107 Å². The number of carbonyl (C=O) groups excluding carboxylic acids is 1. The third kappa shape index (κ3) is 7.37. The van der Waals surface area contributed by atoms with Gasteiger partial charge in [0.25, 0.3) is 5.91 Å². The van der Waals surface area contributed by atoms with Crippen LogP contribution in [0.3, 0.4) is 0 Å². The molecular formula is C32H28ClN5O3S. The Kier molecular flexibility index (Phi) is 9.53. The van der Waals surface area contributed by atoms with Crippen molar-refractivity contribution in [2.75, 3.05) is 12.9 Å². The molecule has 0 aliphatic carbocycles. The molecule has 0 aliphatic rings. The van der Waals surface area contributed by atoms with E-state index in [9.17, 15) is 4.79 Å². The number of hydrogen-bond donors (Lipinski definition) is 1. The van der Waals surface area contributed by atoms with Crippen LogP contribution in [0.5, 0.6) is 11.5 Å². The molecular weight excluding hydrogens is 570 g/mol. The van der Waals surface area contributed by atoms with Crippen LogP contribution in [-0.2, 0) is 11.4 Å². The summed E-state index contributed by atoms with van der Waals surface area (Å²) in [4.78, 5) is 12.7. The molecule has 8 nitrogen and oxygen atoms in total. The highest BCUT2D eigenvalue weighted by molar-refractivity contribution is 7.99. The molecule has 0 saturated carbocycles. The van der Waals surface area contributed by atoms with E-state index in [-0.39, 0.29) is 11.7 Å². The largest absolute Gasteiger partial charge is 0.493 e. The number of carbonyl (C=O) groups is 1. The lowest BCUT2D eigenvalue weighted by Crippen LogP contribution is -2.20. The number of aryl methyl sites for hydroxylation is 1. The zero-order valence-corrected chi connectivity index (χ0v) is 24.6. The quantitative estimate of drug-likeness (QED) is 0.103. The fourth-order valence-electron chi connectivity index (χ4n) is 4.04. The van der Waals surface area contributed by atoms with Crippen molar-refractivity contribution in [3.63, 3.8) is 0 Å². The number of nitrogens with zero attached hydrogens (tertiary/aromatic N) is 4. The monoisotopic (exact) mass is 597 g/mol. The van der Waals surface area contributed by atoms with Crippen LogP contribution in [-0.4, -0.2) is 39.7 Å². The van der Waals surface area contributed by atoms with Gasteiger partial charge in [-0.2, -0.15) is 5.10 Å². The van der Waals surface area contributed by atoms with E-state index >= 15 is 0 Å². The van der Waals surface area contributed by atoms with Crippen LogP contribution < -0.4 is 14.9 Å². The van der Waals surface area contributed by atoms with Crippen LogP contribution in [0.1, 0.15) is 16.7 Å². The van der Waals surface area contributed by atoms with Gasteiger partial charge in [0.2, 0.25) is 0 Å². The summed E-state index contributed by atoms with van der Waals surface area (Å²) < 4.78 is 13.3. The maximum Gasteiger partial charge on any atom is 0.250 e. The van der Waals surface area contributed by atoms with Gasteiger partial charge in [-0.15, -0.1) is 10.2 Å². The van der Waals surface area contributed by atoms with E-state index in [1.165, 1.54) is 11.8 Å². The number of ether oxygens (including phenoxy) is 2. The van der Waals surface area contributed by atoms with Crippen molar-refractivity contribution in [2.24, 2.45) is 5.10 Å². The van der Waals surface area contributed by atoms with Gasteiger partial charge >= 0.3 is 0 Å².